The van der Waals surface area contributed by atoms with E-state index in [0.29, 0.717) is 6.04 Å². The molecule has 1 atom stereocenters. The van der Waals surface area contributed by atoms with Crippen molar-refractivity contribution in [1.82, 2.24) is 14.9 Å². The van der Waals surface area contributed by atoms with Crippen LogP contribution in [0.2, 0.25) is 0 Å². The Morgan fingerprint density at radius 1 is 1.26 bits per heavy atom. The van der Waals surface area contributed by atoms with Crippen molar-refractivity contribution < 1.29 is 0 Å². The normalized spacial score (nSPS) is 12.7. The van der Waals surface area contributed by atoms with Crippen molar-refractivity contribution in [3.8, 4) is 0 Å². The summed E-state index contributed by atoms with van der Waals surface area (Å²) < 4.78 is 0.850. The van der Waals surface area contributed by atoms with Gasteiger partial charge in [0, 0.05) is 25.1 Å². The Kier molecular flexibility index (Phi) is 7.31. The molecule has 108 valence electrons. The zero-order chi connectivity index (χ0) is 14.3. The van der Waals surface area contributed by atoms with E-state index in [-0.39, 0.29) is 0 Å². The molecule has 0 spiro atoms. The van der Waals surface area contributed by atoms with Crippen LogP contribution in [0.25, 0.3) is 0 Å². The van der Waals surface area contributed by atoms with Gasteiger partial charge in [-0.1, -0.05) is 20.8 Å². The molecule has 0 bridgehead atoms. The predicted molar refractivity (Wildman–Crippen MR) is 84.6 cm³/mol. The Hall–Kier alpha value is -0.680. The van der Waals surface area contributed by atoms with E-state index >= 15 is 0 Å². The third-order valence-corrected chi connectivity index (χ3v) is 3.44. The minimum absolute atomic E-state index is 0.371. The fraction of sp³-hybridized carbons (Fsp3) is 0.714. The number of hydrogen-bond acceptors (Lipinski definition) is 4. The van der Waals surface area contributed by atoms with Crippen LogP contribution in [0.4, 0.5) is 5.82 Å². The fourth-order valence-corrected chi connectivity index (χ4v) is 2.46. The van der Waals surface area contributed by atoms with Gasteiger partial charge in [-0.05, 0) is 42.4 Å². The smallest absolute Gasteiger partial charge is 0.132 e. The lowest BCUT2D eigenvalue weighted by Gasteiger charge is -2.23. The van der Waals surface area contributed by atoms with Crippen LogP contribution in [-0.4, -0.2) is 40.5 Å². The first-order valence-electron chi connectivity index (χ1n) is 7.11. The first kappa shape index (κ1) is 16.4. The lowest BCUT2D eigenvalue weighted by Crippen LogP contribution is -2.35. The first-order chi connectivity index (χ1) is 9.08. The maximum Gasteiger partial charge on any atom is 0.132 e. The Labute approximate surface area is 125 Å². The summed E-state index contributed by atoms with van der Waals surface area (Å²) in [4.78, 5) is 11.3. The van der Waals surface area contributed by atoms with Crippen molar-refractivity contribution in [2.24, 2.45) is 0 Å². The SMILES string of the molecule is CCCc1nc(Br)cc(NC(C)CN(CC)CC)n1. The highest BCUT2D eigenvalue weighted by Gasteiger charge is 2.09. The van der Waals surface area contributed by atoms with Gasteiger partial charge in [0.25, 0.3) is 0 Å². The number of halogens is 1. The maximum absolute atomic E-state index is 4.55. The summed E-state index contributed by atoms with van der Waals surface area (Å²) in [6.45, 7) is 11.9. The Morgan fingerprint density at radius 2 is 1.95 bits per heavy atom. The number of likely N-dealkylation sites (N-methyl/N-ethyl adjacent to an activating group) is 1. The predicted octanol–water partition coefficient (Wildman–Crippen LogP) is 3.33. The van der Waals surface area contributed by atoms with Crippen molar-refractivity contribution in [1.29, 1.82) is 0 Å². The third-order valence-electron chi connectivity index (χ3n) is 3.04. The summed E-state index contributed by atoms with van der Waals surface area (Å²) >= 11 is 3.45. The van der Waals surface area contributed by atoms with E-state index < -0.39 is 0 Å². The highest BCUT2D eigenvalue weighted by atomic mass is 79.9. The molecule has 1 heterocycles. The van der Waals surface area contributed by atoms with Crippen LogP contribution < -0.4 is 5.32 Å². The van der Waals surface area contributed by atoms with Gasteiger partial charge in [0.05, 0.1) is 0 Å². The molecule has 19 heavy (non-hydrogen) atoms. The van der Waals surface area contributed by atoms with E-state index in [0.717, 1.165) is 48.7 Å². The van der Waals surface area contributed by atoms with Gasteiger partial charge in [-0.2, -0.15) is 0 Å². The van der Waals surface area contributed by atoms with Crippen LogP contribution in [0.5, 0.6) is 0 Å². The van der Waals surface area contributed by atoms with Crippen molar-refractivity contribution in [3.63, 3.8) is 0 Å². The van der Waals surface area contributed by atoms with Gasteiger partial charge in [0.1, 0.15) is 16.2 Å². The first-order valence-corrected chi connectivity index (χ1v) is 7.90. The van der Waals surface area contributed by atoms with E-state index in [9.17, 15) is 0 Å². The number of hydrogen-bond donors (Lipinski definition) is 1. The zero-order valence-corrected chi connectivity index (χ0v) is 14.0. The van der Waals surface area contributed by atoms with Crippen molar-refractivity contribution >= 4 is 21.7 Å². The van der Waals surface area contributed by atoms with E-state index in [4.69, 9.17) is 0 Å². The topological polar surface area (TPSA) is 41.1 Å². The molecule has 0 aromatic carbocycles. The van der Waals surface area contributed by atoms with E-state index in [1.165, 1.54) is 0 Å². The van der Waals surface area contributed by atoms with Crippen LogP contribution in [0, 0.1) is 0 Å². The second-order valence-electron chi connectivity index (χ2n) is 4.77. The molecule has 0 aliphatic rings. The molecular formula is C14H25BrN4. The minimum atomic E-state index is 0.371. The average Bonchev–Trinajstić information content (AvgIpc) is 2.35. The van der Waals surface area contributed by atoms with Gasteiger partial charge in [0.2, 0.25) is 0 Å². The standard InChI is InChI=1S/C14H25BrN4/c1-5-8-13-17-12(15)9-14(18-13)16-11(4)10-19(6-2)7-3/h9,11H,5-8,10H2,1-4H3,(H,16,17,18). The molecule has 0 saturated heterocycles. The Bertz CT molecular complexity index is 380. The second kappa shape index (κ2) is 8.48. The summed E-state index contributed by atoms with van der Waals surface area (Å²) in [5.74, 6) is 1.80. The highest BCUT2D eigenvalue weighted by Crippen LogP contribution is 2.14. The molecule has 0 aliphatic heterocycles. The number of anilines is 1. The molecule has 1 unspecified atom stereocenters. The average molecular weight is 329 g/mol. The molecule has 1 aromatic heterocycles. The van der Waals surface area contributed by atoms with Crippen molar-refractivity contribution in [3.05, 3.63) is 16.5 Å². The summed E-state index contributed by atoms with van der Waals surface area (Å²) in [7, 11) is 0. The summed E-state index contributed by atoms with van der Waals surface area (Å²) in [5, 5.41) is 3.46. The minimum Gasteiger partial charge on any atom is -0.366 e. The molecular weight excluding hydrogens is 304 g/mol. The number of nitrogens with zero attached hydrogens (tertiary/aromatic N) is 3. The number of aromatic nitrogens is 2. The van der Waals surface area contributed by atoms with Crippen LogP contribution in [-0.2, 0) is 6.42 Å². The van der Waals surface area contributed by atoms with Crippen LogP contribution >= 0.6 is 15.9 Å². The molecule has 1 N–H and O–H groups in total. The lowest BCUT2D eigenvalue weighted by molar-refractivity contribution is 0.294. The van der Waals surface area contributed by atoms with Crippen molar-refractivity contribution in [2.75, 3.05) is 25.0 Å². The summed E-state index contributed by atoms with van der Waals surface area (Å²) in [5.41, 5.74) is 0. The summed E-state index contributed by atoms with van der Waals surface area (Å²) in [6, 6.07) is 2.31. The fourth-order valence-electron chi connectivity index (χ4n) is 2.04. The van der Waals surface area contributed by atoms with Gasteiger partial charge in [-0.25, -0.2) is 9.97 Å². The molecule has 0 amide bonds. The second-order valence-corrected chi connectivity index (χ2v) is 5.59. The van der Waals surface area contributed by atoms with Crippen LogP contribution in [0.15, 0.2) is 10.7 Å². The quantitative estimate of drug-likeness (QED) is 0.743. The summed E-state index contributed by atoms with van der Waals surface area (Å²) in [6.07, 6.45) is 1.98. The molecule has 5 heteroatoms. The molecule has 0 saturated carbocycles. The zero-order valence-electron chi connectivity index (χ0n) is 12.4. The van der Waals surface area contributed by atoms with Gasteiger partial charge in [-0.3, -0.25) is 0 Å². The molecule has 4 nitrogen and oxygen atoms in total. The van der Waals surface area contributed by atoms with Gasteiger partial charge in [-0.15, -0.1) is 0 Å². The number of aryl methyl sites for hydroxylation is 1. The molecule has 0 aliphatic carbocycles. The van der Waals surface area contributed by atoms with Crippen LogP contribution in [0.3, 0.4) is 0 Å². The van der Waals surface area contributed by atoms with E-state index in [2.05, 4.69) is 63.8 Å². The Balaban J connectivity index is 2.65. The van der Waals surface area contributed by atoms with Gasteiger partial charge < -0.3 is 10.2 Å². The van der Waals surface area contributed by atoms with E-state index in [1.54, 1.807) is 0 Å². The number of nitrogens with one attached hydrogen (secondary N) is 1. The maximum atomic E-state index is 4.55. The highest BCUT2D eigenvalue weighted by molar-refractivity contribution is 9.10. The Morgan fingerprint density at radius 3 is 2.53 bits per heavy atom. The van der Waals surface area contributed by atoms with E-state index in [1.807, 2.05) is 6.07 Å². The van der Waals surface area contributed by atoms with Crippen molar-refractivity contribution in [2.45, 2.75) is 46.6 Å². The molecule has 1 rings (SSSR count). The lowest BCUT2D eigenvalue weighted by atomic mass is 10.3. The molecule has 0 radical (unpaired) electrons. The molecule has 0 fully saturated rings. The van der Waals surface area contributed by atoms with Gasteiger partial charge in [0.15, 0.2) is 0 Å². The monoisotopic (exact) mass is 328 g/mol. The number of rotatable bonds is 8. The van der Waals surface area contributed by atoms with Gasteiger partial charge >= 0.3 is 0 Å². The molecule has 1 aromatic rings. The largest absolute Gasteiger partial charge is 0.366 e. The third kappa shape index (κ3) is 5.87. The van der Waals surface area contributed by atoms with Crippen LogP contribution in [0.1, 0.15) is 39.9 Å².